The molecule has 2 N–H and O–H groups in total. The minimum Gasteiger partial charge on any atom is -0.366 e. The zero-order valence-electron chi connectivity index (χ0n) is 7.31. The molecule has 8 heteroatoms. The number of rotatable bonds is 2. The average molecular weight is 259 g/mol. The molecule has 0 atom stereocenters. The first-order valence-electron chi connectivity index (χ1n) is 3.80. The first-order chi connectivity index (χ1) is 6.66. The number of hydrogen-bond donors (Lipinski definition) is 1. The number of aryl methyl sites for hydroxylation is 1. The Bertz CT molecular complexity index is 449. The monoisotopic (exact) mass is 258 g/mol. The van der Waals surface area contributed by atoms with Crippen molar-refractivity contribution in [3.63, 3.8) is 0 Å². The molecular formula is C6H7BrN6O. The normalized spacial score (nSPS) is 10.7. The lowest BCUT2D eigenvalue weighted by Gasteiger charge is -1.96. The fourth-order valence-electron chi connectivity index (χ4n) is 0.975. The van der Waals surface area contributed by atoms with E-state index in [-0.39, 0.29) is 5.95 Å². The highest BCUT2D eigenvalue weighted by Crippen LogP contribution is 2.11. The Labute approximate surface area is 87.4 Å². The number of hydrogen-bond acceptors (Lipinski definition) is 6. The molecule has 0 bridgehead atoms. The molecule has 0 saturated carbocycles. The third kappa shape index (κ3) is 1.60. The van der Waals surface area contributed by atoms with Crippen molar-refractivity contribution in [3.05, 3.63) is 16.1 Å². The number of nitrogens with two attached hydrogens (primary N) is 1. The SMILES string of the molecule is Cc1nonc1Cn1nc(N)nc1Br. The van der Waals surface area contributed by atoms with Gasteiger partial charge in [-0.2, -0.15) is 4.98 Å². The van der Waals surface area contributed by atoms with E-state index < -0.39 is 0 Å². The number of nitrogens with zero attached hydrogens (tertiary/aromatic N) is 5. The van der Waals surface area contributed by atoms with Crippen molar-refractivity contribution in [2.24, 2.45) is 0 Å². The van der Waals surface area contributed by atoms with Gasteiger partial charge in [-0.05, 0) is 22.9 Å². The van der Waals surface area contributed by atoms with Crippen molar-refractivity contribution >= 4 is 21.9 Å². The summed E-state index contributed by atoms with van der Waals surface area (Å²) in [5.41, 5.74) is 6.85. The topological polar surface area (TPSA) is 95.7 Å². The Morgan fingerprint density at radius 2 is 2.29 bits per heavy atom. The molecule has 0 radical (unpaired) electrons. The average Bonchev–Trinajstić information content (AvgIpc) is 2.62. The lowest BCUT2D eigenvalue weighted by molar-refractivity contribution is 0.300. The van der Waals surface area contributed by atoms with E-state index in [1.54, 1.807) is 11.6 Å². The van der Waals surface area contributed by atoms with Gasteiger partial charge < -0.3 is 5.73 Å². The second kappa shape index (κ2) is 3.37. The fraction of sp³-hybridized carbons (Fsp3) is 0.333. The van der Waals surface area contributed by atoms with Crippen molar-refractivity contribution < 1.29 is 4.63 Å². The molecule has 7 nitrogen and oxygen atoms in total. The van der Waals surface area contributed by atoms with Crippen LogP contribution in [0.5, 0.6) is 0 Å². The summed E-state index contributed by atoms with van der Waals surface area (Å²) in [5.74, 6) is 0.214. The van der Waals surface area contributed by atoms with Gasteiger partial charge in [0, 0.05) is 0 Å². The molecule has 0 amide bonds. The van der Waals surface area contributed by atoms with Crippen LogP contribution in [-0.2, 0) is 6.54 Å². The van der Waals surface area contributed by atoms with Gasteiger partial charge in [0.25, 0.3) is 0 Å². The van der Waals surface area contributed by atoms with E-state index in [4.69, 9.17) is 5.73 Å². The molecule has 0 aliphatic carbocycles. The number of aromatic nitrogens is 5. The number of nitrogen functional groups attached to an aromatic ring is 1. The van der Waals surface area contributed by atoms with Gasteiger partial charge in [0.2, 0.25) is 5.95 Å². The van der Waals surface area contributed by atoms with Crippen LogP contribution in [-0.4, -0.2) is 25.1 Å². The van der Waals surface area contributed by atoms with Gasteiger partial charge in [0.15, 0.2) is 4.73 Å². The molecule has 0 aromatic carbocycles. The summed E-state index contributed by atoms with van der Waals surface area (Å²) in [6.07, 6.45) is 0. The highest BCUT2D eigenvalue weighted by molar-refractivity contribution is 9.10. The number of halogens is 1. The molecule has 2 heterocycles. The standard InChI is InChI=1S/C6H7BrN6O/c1-3-4(12-14-11-3)2-13-5(7)9-6(8)10-13/h2H2,1H3,(H2,8,10). The quantitative estimate of drug-likeness (QED) is 0.836. The number of anilines is 1. The Kier molecular flexibility index (Phi) is 2.20. The predicted molar refractivity (Wildman–Crippen MR) is 50.3 cm³/mol. The largest absolute Gasteiger partial charge is 0.366 e. The molecule has 14 heavy (non-hydrogen) atoms. The van der Waals surface area contributed by atoms with Crippen molar-refractivity contribution in [1.29, 1.82) is 0 Å². The first-order valence-corrected chi connectivity index (χ1v) is 4.60. The second-order valence-electron chi connectivity index (χ2n) is 2.69. The summed E-state index contributed by atoms with van der Waals surface area (Å²) < 4.78 is 6.68. The van der Waals surface area contributed by atoms with E-state index in [0.717, 1.165) is 5.69 Å². The minimum absolute atomic E-state index is 0.214. The van der Waals surface area contributed by atoms with E-state index >= 15 is 0 Å². The molecular weight excluding hydrogens is 252 g/mol. The molecule has 2 rings (SSSR count). The van der Waals surface area contributed by atoms with Crippen molar-refractivity contribution in [2.45, 2.75) is 13.5 Å². The van der Waals surface area contributed by atoms with Crippen LogP contribution >= 0.6 is 15.9 Å². The maximum Gasteiger partial charge on any atom is 0.240 e. The molecule has 2 aromatic heterocycles. The van der Waals surface area contributed by atoms with Crippen LogP contribution < -0.4 is 5.73 Å². The zero-order valence-corrected chi connectivity index (χ0v) is 8.89. The molecule has 74 valence electrons. The molecule has 0 aliphatic heterocycles. The fourth-order valence-corrected chi connectivity index (χ4v) is 1.36. The van der Waals surface area contributed by atoms with Crippen LogP contribution in [0.15, 0.2) is 9.36 Å². The van der Waals surface area contributed by atoms with E-state index in [1.807, 2.05) is 0 Å². The van der Waals surface area contributed by atoms with E-state index in [1.165, 1.54) is 0 Å². The van der Waals surface area contributed by atoms with E-state index in [9.17, 15) is 0 Å². The van der Waals surface area contributed by atoms with Crippen LogP contribution in [0.2, 0.25) is 0 Å². The lowest BCUT2D eigenvalue weighted by atomic mass is 10.3. The summed E-state index contributed by atoms with van der Waals surface area (Å²) in [5, 5.41) is 11.3. The van der Waals surface area contributed by atoms with E-state index in [2.05, 4.69) is 41.0 Å². The van der Waals surface area contributed by atoms with Gasteiger partial charge in [-0.25, -0.2) is 9.31 Å². The molecule has 2 aromatic rings. The maximum absolute atomic E-state index is 5.41. The maximum atomic E-state index is 5.41. The van der Waals surface area contributed by atoms with Gasteiger partial charge in [0.1, 0.15) is 11.4 Å². The summed E-state index contributed by atoms with van der Waals surface area (Å²) in [7, 11) is 0. The highest BCUT2D eigenvalue weighted by Gasteiger charge is 2.10. The van der Waals surface area contributed by atoms with Crippen LogP contribution in [0.4, 0.5) is 5.95 Å². The summed E-state index contributed by atoms with van der Waals surface area (Å²) in [6.45, 7) is 2.24. The van der Waals surface area contributed by atoms with Crippen LogP contribution in [0, 0.1) is 6.92 Å². The van der Waals surface area contributed by atoms with Gasteiger partial charge in [-0.3, -0.25) is 0 Å². The Balaban J connectivity index is 2.27. The molecule has 0 unspecified atom stereocenters. The minimum atomic E-state index is 0.214. The third-order valence-electron chi connectivity index (χ3n) is 1.69. The van der Waals surface area contributed by atoms with Crippen molar-refractivity contribution in [1.82, 2.24) is 25.1 Å². The van der Waals surface area contributed by atoms with Crippen LogP contribution in [0.3, 0.4) is 0 Å². The zero-order chi connectivity index (χ0) is 10.1. The first kappa shape index (κ1) is 9.13. The molecule has 0 spiro atoms. The molecule has 0 aliphatic rings. The highest BCUT2D eigenvalue weighted by atomic mass is 79.9. The van der Waals surface area contributed by atoms with Gasteiger partial charge in [-0.1, -0.05) is 10.3 Å². The third-order valence-corrected chi connectivity index (χ3v) is 2.28. The predicted octanol–water partition coefficient (Wildman–Crippen LogP) is 0.363. The Morgan fingerprint density at radius 1 is 1.50 bits per heavy atom. The Morgan fingerprint density at radius 3 is 2.79 bits per heavy atom. The van der Waals surface area contributed by atoms with Crippen molar-refractivity contribution in [3.8, 4) is 0 Å². The van der Waals surface area contributed by atoms with Crippen LogP contribution in [0.1, 0.15) is 11.4 Å². The lowest BCUT2D eigenvalue weighted by Crippen LogP contribution is -2.04. The van der Waals surface area contributed by atoms with Crippen LogP contribution in [0.25, 0.3) is 0 Å². The molecule has 0 fully saturated rings. The van der Waals surface area contributed by atoms with E-state index in [0.29, 0.717) is 17.0 Å². The van der Waals surface area contributed by atoms with Crippen molar-refractivity contribution in [2.75, 3.05) is 5.73 Å². The second-order valence-corrected chi connectivity index (χ2v) is 3.40. The molecule has 0 saturated heterocycles. The summed E-state index contributed by atoms with van der Waals surface area (Å²) >= 11 is 3.22. The van der Waals surface area contributed by atoms with Gasteiger partial charge >= 0.3 is 0 Å². The summed E-state index contributed by atoms with van der Waals surface area (Å²) in [4.78, 5) is 3.89. The van der Waals surface area contributed by atoms with Gasteiger partial charge in [-0.15, -0.1) is 5.10 Å². The summed E-state index contributed by atoms with van der Waals surface area (Å²) in [6, 6.07) is 0. The smallest absolute Gasteiger partial charge is 0.240 e. The Hall–Kier alpha value is -1.44. The van der Waals surface area contributed by atoms with Gasteiger partial charge in [0.05, 0.1) is 6.54 Å².